The predicted molar refractivity (Wildman–Crippen MR) is 48.0 cm³/mol. The summed E-state index contributed by atoms with van der Waals surface area (Å²) in [6.07, 6.45) is 2.25. The van der Waals surface area contributed by atoms with E-state index in [9.17, 15) is 9.59 Å². The molecule has 0 bridgehead atoms. The number of hydrogen-bond donors (Lipinski definition) is 1. The van der Waals surface area contributed by atoms with Gasteiger partial charge >= 0.3 is 7.12 Å². The summed E-state index contributed by atoms with van der Waals surface area (Å²) >= 11 is 0. The maximum absolute atomic E-state index is 11.0. The van der Waals surface area contributed by atoms with Gasteiger partial charge in [-0.2, -0.15) is 0 Å². The van der Waals surface area contributed by atoms with Crippen LogP contribution in [-0.2, 0) is 18.9 Å². The third-order valence-corrected chi connectivity index (χ3v) is 1.66. The number of hydrogen-bond acceptors (Lipinski definition) is 5. The smallest absolute Gasteiger partial charge is 0.496 e. The Hall–Kier alpha value is -1.30. The third kappa shape index (κ3) is 3.61. The zero-order valence-electron chi connectivity index (χ0n) is 7.64. The molecule has 0 spiro atoms. The van der Waals surface area contributed by atoms with Gasteiger partial charge in [-0.1, -0.05) is 6.08 Å². The Morgan fingerprint density at radius 3 is 2.36 bits per heavy atom. The fourth-order valence-corrected chi connectivity index (χ4v) is 1.03. The van der Waals surface area contributed by atoms with E-state index in [1.165, 1.54) is 12.1 Å². The van der Waals surface area contributed by atoms with Crippen LogP contribution in [0, 0.1) is 0 Å². The van der Waals surface area contributed by atoms with Crippen LogP contribution in [0.4, 0.5) is 0 Å². The van der Waals surface area contributed by atoms with E-state index in [1.807, 2.05) is 0 Å². The van der Waals surface area contributed by atoms with Gasteiger partial charge in [-0.25, -0.2) is 0 Å². The molecule has 76 valence electrons. The summed E-state index contributed by atoms with van der Waals surface area (Å²) in [5.41, 5.74) is 0. The molecule has 0 saturated carbocycles. The average molecular weight is 198 g/mol. The lowest BCUT2D eigenvalue weighted by Crippen LogP contribution is -2.30. The highest BCUT2D eigenvalue weighted by Crippen LogP contribution is 2.07. The summed E-state index contributed by atoms with van der Waals surface area (Å²) in [6.45, 7) is -0.189. The van der Waals surface area contributed by atoms with Gasteiger partial charge in [0.05, 0.1) is 6.61 Å². The van der Waals surface area contributed by atoms with Crippen LogP contribution in [-0.4, -0.2) is 30.8 Å². The zero-order chi connectivity index (χ0) is 10.4. The fourth-order valence-electron chi connectivity index (χ4n) is 1.03. The SMILES string of the molecule is O=C1CCCC(=O)OB(/C=C/CO)O1. The summed E-state index contributed by atoms with van der Waals surface area (Å²) in [6, 6.07) is 0. The molecule has 0 aromatic rings. The van der Waals surface area contributed by atoms with Crippen LogP contribution in [0.25, 0.3) is 0 Å². The molecule has 0 atom stereocenters. The maximum Gasteiger partial charge on any atom is 0.628 e. The van der Waals surface area contributed by atoms with Crippen molar-refractivity contribution >= 4 is 19.1 Å². The zero-order valence-corrected chi connectivity index (χ0v) is 7.64. The van der Waals surface area contributed by atoms with Gasteiger partial charge in [-0.05, 0) is 12.4 Å². The predicted octanol–water partition coefficient (Wildman–Crippen LogP) is -0.167. The van der Waals surface area contributed by atoms with Crippen molar-refractivity contribution in [1.82, 2.24) is 0 Å². The second-order valence-corrected chi connectivity index (χ2v) is 2.81. The van der Waals surface area contributed by atoms with Crippen LogP contribution < -0.4 is 0 Å². The Balaban J connectivity index is 2.55. The summed E-state index contributed by atoms with van der Waals surface area (Å²) in [5.74, 6) is 0.538. The van der Waals surface area contributed by atoms with E-state index in [4.69, 9.17) is 14.4 Å². The number of rotatable bonds is 2. The first-order valence-electron chi connectivity index (χ1n) is 4.39. The molecule has 1 N–H and O–H groups in total. The molecule has 0 unspecified atom stereocenters. The second kappa shape index (κ2) is 5.44. The van der Waals surface area contributed by atoms with Gasteiger partial charge < -0.3 is 14.4 Å². The van der Waals surface area contributed by atoms with E-state index in [0.717, 1.165) is 0 Å². The van der Waals surface area contributed by atoms with Crippen LogP contribution >= 0.6 is 0 Å². The van der Waals surface area contributed by atoms with Crippen LogP contribution in [0.2, 0.25) is 0 Å². The van der Waals surface area contributed by atoms with Crippen molar-refractivity contribution in [3.63, 3.8) is 0 Å². The maximum atomic E-state index is 11.0. The van der Waals surface area contributed by atoms with Crippen LogP contribution in [0.1, 0.15) is 19.3 Å². The highest BCUT2D eigenvalue weighted by atomic mass is 16.6. The third-order valence-electron chi connectivity index (χ3n) is 1.66. The number of aliphatic hydroxyl groups is 1. The normalized spacial score (nSPS) is 18.8. The summed E-state index contributed by atoms with van der Waals surface area (Å²) in [4.78, 5) is 22.0. The Bertz CT molecular complexity index is 232. The molecule has 0 radical (unpaired) electrons. The number of aliphatic hydroxyl groups excluding tert-OH is 1. The molecule has 6 heteroatoms. The van der Waals surface area contributed by atoms with Crippen molar-refractivity contribution in [3.05, 3.63) is 12.1 Å². The van der Waals surface area contributed by atoms with Gasteiger partial charge in [0, 0.05) is 12.8 Å². The summed E-state index contributed by atoms with van der Waals surface area (Å²) in [7, 11) is -0.998. The first-order valence-corrected chi connectivity index (χ1v) is 4.39. The average Bonchev–Trinajstić information content (AvgIpc) is 2.11. The van der Waals surface area contributed by atoms with Crippen LogP contribution in [0.3, 0.4) is 0 Å². The van der Waals surface area contributed by atoms with Crippen molar-refractivity contribution < 1.29 is 24.0 Å². The van der Waals surface area contributed by atoms with Crippen LogP contribution in [0.15, 0.2) is 12.1 Å². The van der Waals surface area contributed by atoms with Crippen molar-refractivity contribution in [1.29, 1.82) is 0 Å². The highest BCUT2D eigenvalue weighted by Gasteiger charge is 2.26. The molecule has 1 rings (SSSR count). The first kappa shape index (κ1) is 10.8. The molecule has 0 aliphatic carbocycles. The Morgan fingerprint density at radius 2 is 1.86 bits per heavy atom. The van der Waals surface area contributed by atoms with E-state index < -0.39 is 19.1 Å². The van der Waals surface area contributed by atoms with Crippen LogP contribution in [0.5, 0.6) is 0 Å². The first-order chi connectivity index (χ1) is 6.72. The van der Waals surface area contributed by atoms with E-state index in [0.29, 0.717) is 6.42 Å². The quantitative estimate of drug-likeness (QED) is 0.623. The molecular formula is C8H11BO5. The van der Waals surface area contributed by atoms with Gasteiger partial charge in [0.2, 0.25) is 0 Å². The summed E-state index contributed by atoms with van der Waals surface area (Å²) in [5, 5.41) is 8.49. The monoisotopic (exact) mass is 198 g/mol. The van der Waals surface area contributed by atoms with E-state index >= 15 is 0 Å². The Morgan fingerprint density at radius 1 is 1.29 bits per heavy atom. The molecule has 1 fully saturated rings. The molecule has 1 saturated heterocycles. The van der Waals surface area contributed by atoms with Crippen molar-refractivity contribution in [3.8, 4) is 0 Å². The topological polar surface area (TPSA) is 72.8 Å². The molecule has 1 heterocycles. The van der Waals surface area contributed by atoms with Gasteiger partial charge in [0.1, 0.15) is 0 Å². The Kier molecular flexibility index (Phi) is 4.19. The van der Waals surface area contributed by atoms with Gasteiger partial charge in [0.15, 0.2) is 0 Å². The molecule has 1 aliphatic heterocycles. The highest BCUT2D eigenvalue weighted by molar-refractivity contribution is 6.54. The number of carbonyl (C=O) groups excluding carboxylic acids is 2. The van der Waals surface area contributed by atoms with Gasteiger partial charge in [0.25, 0.3) is 11.9 Å². The molecule has 0 aromatic heterocycles. The fraction of sp³-hybridized carbons (Fsp3) is 0.500. The lowest BCUT2D eigenvalue weighted by molar-refractivity contribution is -0.142. The minimum atomic E-state index is -0.998. The van der Waals surface area contributed by atoms with E-state index in [-0.39, 0.29) is 19.4 Å². The second-order valence-electron chi connectivity index (χ2n) is 2.81. The van der Waals surface area contributed by atoms with Crippen molar-refractivity contribution in [2.75, 3.05) is 6.61 Å². The Labute approximate surface area is 81.8 Å². The van der Waals surface area contributed by atoms with E-state index in [1.54, 1.807) is 0 Å². The van der Waals surface area contributed by atoms with Crippen molar-refractivity contribution in [2.24, 2.45) is 0 Å². The molecule has 14 heavy (non-hydrogen) atoms. The molecule has 0 amide bonds. The molecule has 0 aromatic carbocycles. The summed E-state index contributed by atoms with van der Waals surface area (Å²) < 4.78 is 9.57. The minimum Gasteiger partial charge on any atom is -0.496 e. The lowest BCUT2D eigenvalue weighted by atomic mass is 9.88. The standard InChI is InChI=1S/C8H11BO5/c10-6-2-5-9-13-7(11)3-1-4-8(12)14-9/h2,5,10H,1,3-4,6H2/b5-2+. The van der Waals surface area contributed by atoms with Gasteiger partial charge in [-0.15, -0.1) is 0 Å². The van der Waals surface area contributed by atoms with Crippen molar-refractivity contribution in [2.45, 2.75) is 19.3 Å². The largest absolute Gasteiger partial charge is 0.628 e. The molecule has 5 nitrogen and oxygen atoms in total. The number of carbonyl (C=O) groups is 2. The van der Waals surface area contributed by atoms with Gasteiger partial charge in [-0.3, -0.25) is 9.59 Å². The van der Waals surface area contributed by atoms with E-state index in [2.05, 4.69) is 0 Å². The lowest BCUT2D eigenvalue weighted by Gasteiger charge is -2.14. The molecule has 1 aliphatic rings. The minimum absolute atomic E-state index is 0.189. The molecular weight excluding hydrogens is 187 g/mol.